The Bertz CT molecular complexity index is 1840. The molecule has 320 valence electrons. The molecule has 8 bridgehead atoms. The summed E-state index contributed by atoms with van der Waals surface area (Å²) in [6, 6.07) is 8.77. The minimum absolute atomic E-state index is 0.192. The predicted octanol–water partition coefficient (Wildman–Crippen LogP) is 8.61. The zero-order valence-corrected chi connectivity index (χ0v) is 35.0. The summed E-state index contributed by atoms with van der Waals surface area (Å²) in [4.78, 5) is 0. The molecule has 60 heavy (non-hydrogen) atoms. The van der Waals surface area contributed by atoms with E-state index in [2.05, 4.69) is 52.0 Å². The minimum atomic E-state index is -0.354. The van der Waals surface area contributed by atoms with Gasteiger partial charge in [0.25, 0.3) is 0 Å². The highest BCUT2D eigenvalue weighted by Gasteiger charge is 2.41. The summed E-state index contributed by atoms with van der Waals surface area (Å²) in [5.41, 5.74) is 9.19. The van der Waals surface area contributed by atoms with Gasteiger partial charge in [-0.05, 0) is 49.9 Å². The molecule has 0 amide bonds. The molecule has 1 aliphatic carbocycles. The Morgan fingerprint density at radius 2 is 0.500 bits per heavy atom. The minimum Gasteiger partial charge on any atom is -0.457 e. The van der Waals surface area contributed by atoms with E-state index in [-0.39, 0.29) is 77.3 Å². The first-order chi connectivity index (χ1) is 29.5. The van der Waals surface area contributed by atoms with Gasteiger partial charge in [0.05, 0.1) is 48.7 Å². The van der Waals surface area contributed by atoms with Crippen molar-refractivity contribution in [2.45, 2.75) is 129 Å². The maximum absolute atomic E-state index is 11.3. The molecular formula is C48H56O12. The highest BCUT2D eigenvalue weighted by Crippen LogP contribution is 2.58. The molecule has 12 heteroatoms. The van der Waals surface area contributed by atoms with Crippen molar-refractivity contribution in [3.63, 3.8) is 0 Å². The van der Waals surface area contributed by atoms with Gasteiger partial charge in [-0.25, -0.2) is 0 Å². The number of aliphatic hydroxyl groups is 4. The molecule has 4 aliphatic heterocycles. The van der Waals surface area contributed by atoms with Crippen molar-refractivity contribution >= 4 is 0 Å². The molecule has 4 aromatic carbocycles. The Labute approximate surface area is 350 Å². The zero-order valence-electron chi connectivity index (χ0n) is 35.0. The predicted molar refractivity (Wildman–Crippen MR) is 221 cm³/mol. The summed E-state index contributed by atoms with van der Waals surface area (Å²) in [6.45, 7) is 6.40. The van der Waals surface area contributed by atoms with Crippen LogP contribution in [0, 0.1) is 0 Å². The van der Waals surface area contributed by atoms with E-state index in [0.29, 0.717) is 93.9 Å². The van der Waals surface area contributed by atoms with Crippen molar-refractivity contribution in [1.82, 2.24) is 0 Å². The lowest BCUT2D eigenvalue weighted by atomic mass is 9.74. The first-order valence-electron chi connectivity index (χ1n) is 21.7. The van der Waals surface area contributed by atoms with Crippen molar-refractivity contribution in [3.05, 3.63) is 91.0 Å². The fourth-order valence-corrected chi connectivity index (χ4v) is 10.7. The molecule has 0 radical (unpaired) electrons. The number of hydrogen-bond donors (Lipinski definition) is 4. The fraction of sp³-hybridized carbons (Fsp3) is 0.500. The number of aliphatic hydroxyl groups excluding tert-OH is 4. The smallest absolute Gasteiger partial charge is 0.230 e. The van der Waals surface area contributed by atoms with Crippen molar-refractivity contribution in [2.24, 2.45) is 0 Å². The molecule has 4 heterocycles. The molecule has 0 unspecified atom stereocenters. The zero-order chi connectivity index (χ0) is 41.7. The summed E-state index contributed by atoms with van der Waals surface area (Å²) in [5, 5.41) is 45.1. The van der Waals surface area contributed by atoms with Gasteiger partial charge in [-0.1, -0.05) is 53.4 Å². The van der Waals surface area contributed by atoms with Gasteiger partial charge in [0.2, 0.25) is 27.2 Å². The Morgan fingerprint density at radius 3 is 0.633 bits per heavy atom. The number of benzene rings is 4. The molecule has 0 aromatic heterocycles. The summed E-state index contributed by atoms with van der Waals surface area (Å²) >= 11 is 0. The van der Waals surface area contributed by atoms with Gasteiger partial charge in [-0.15, -0.1) is 0 Å². The normalized spacial score (nSPS) is 20.3. The van der Waals surface area contributed by atoms with Crippen LogP contribution in [0.25, 0.3) is 0 Å². The van der Waals surface area contributed by atoms with E-state index in [1.165, 1.54) is 0 Å². The van der Waals surface area contributed by atoms with Crippen LogP contribution in [0.15, 0.2) is 24.3 Å². The van der Waals surface area contributed by atoms with E-state index < -0.39 is 0 Å². The van der Waals surface area contributed by atoms with Crippen molar-refractivity contribution in [2.75, 3.05) is 27.2 Å². The van der Waals surface area contributed by atoms with Crippen LogP contribution in [0.3, 0.4) is 0 Å². The summed E-state index contributed by atoms with van der Waals surface area (Å²) in [6.07, 6.45) is 6.07. The third kappa shape index (κ3) is 6.32. The third-order valence-corrected chi connectivity index (χ3v) is 13.1. The average molecular weight is 825 g/mol. The Hall–Kier alpha value is -4.88. The Morgan fingerprint density at radius 1 is 0.333 bits per heavy atom. The quantitative estimate of drug-likeness (QED) is 0.108. The van der Waals surface area contributed by atoms with Crippen LogP contribution in [0.4, 0.5) is 0 Å². The molecular weight excluding hydrogens is 769 g/mol. The van der Waals surface area contributed by atoms with Crippen LogP contribution in [0.5, 0.6) is 46.0 Å². The van der Waals surface area contributed by atoms with Crippen LogP contribution >= 0.6 is 0 Å². The van der Waals surface area contributed by atoms with Gasteiger partial charge in [-0.2, -0.15) is 0 Å². The number of rotatable bonds is 12. The van der Waals surface area contributed by atoms with Crippen LogP contribution < -0.4 is 37.9 Å². The first kappa shape index (κ1) is 40.5. The summed E-state index contributed by atoms with van der Waals surface area (Å²) in [7, 11) is 0. The van der Waals surface area contributed by atoms with Gasteiger partial charge in [0.15, 0.2) is 0 Å². The fourth-order valence-electron chi connectivity index (χ4n) is 10.7. The van der Waals surface area contributed by atoms with Crippen molar-refractivity contribution in [1.29, 1.82) is 0 Å². The van der Waals surface area contributed by atoms with Gasteiger partial charge < -0.3 is 58.3 Å². The first-order valence-corrected chi connectivity index (χ1v) is 21.7. The van der Waals surface area contributed by atoms with Gasteiger partial charge >= 0.3 is 0 Å². The summed E-state index contributed by atoms with van der Waals surface area (Å²) < 4.78 is 52.2. The third-order valence-electron chi connectivity index (χ3n) is 13.1. The van der Waals surface area contributed by atoms with E-state index in [1.807, 2.05) is 0 Å². The van der Waals surface area contributed by atoms with Crippen LogP contribution in [0.2, 0.25) is 0 Å². The van der Waals surface area contributed by atoms with E-state index in [9.17, 15) is 20.4 Å². The molecule has 0 saturated carbocycles. The maximum atomic E-state index is 11.3. The molecule has 12 nitrogen and oxygen atoms in total. The van der Waals surface area contributed by atoms with Gasteiger partial charge in [-0.3, -0.25) is 0 Å². The largest absolute Gasteiger partial charge is 0.457 e. The monoisotopic (exact) mass is 824 g/mol. The lowest BCUT2D eigenvalue weighted by molar-refractivity contribution is 0.0883. The van der Waals surface area contributed by atoms with Crippen LogP contribution in [-0.4, -0.2) is 47.6 Å². The highest BCUT2D eigenvalue weighted by atomic mass is 16.7. The molecule has 0 spiro atoms. The van der Waals surface area contributed by atoms with E-state index in [1.54, 1.807) is 0 Å². The molecule has 0 fully saturated rings. The number of ether oxygens (including phenoxy) is 8. The second kappa shape index (κ2) is 16.9. The number of hydrogen-bond acceptors (Lipinski definition) is 12. The van der Waals surface area contributed by atoms with Gasteiger partial charge in [0.1, 0.15) is 46.0 Å². The standard InChI is InChI=1S/C48H56O12/c1-5-9-25-29-13-31-26(10-6-2)33-15-35-28(12-8-4)36-16-34-27(11-7-3)32-14-30(25)42-38(18-50)44(32)56-23-58-46(34)40(20-52)48(36)60-24-59-47(35)39(19-51)45(33)57-22-55-43(31)37(17-49)41(29)53-21-54-42/h13-16,25-28,49-52H,5-12,17-24H2,1-4H3. The molecule has 0 atom stereocenters. The van der Waals surface area contributed by atoms with Crippen molar-refractivity contribution in [3.8, 4) is 46.0 Å². The van der Waals surface area contributed by atoms with E-state index in [0.717, 1.165) is 70.2 Å². The van der Waals surface area contributed by atoms with E-state index >= 15 is 0 Å². The van der Waals surface area contributed by atoms with Gasteiger partial charge in [0, 0.05) is 68.2 Å². The van der Waals surface area contributed by atoms with Crippen LogP contribution in [0.1, 0.15) is 169 Å². The lowest BCUT2D eigenvalue weighted by Crippen LogP contribution is -2.25. The average Bonchev–Trinajstić information content (AvgIpc) is 3.24. The molecule has 5 aliphatic rings. The Balaban J connectivity index is 1.50. The summed E-state index contributed by atoms with van der Waals surface area (Å²) in [5.74, 6) is 2.89. The molecule has 0 saturated heterocycles. The second-order valence-corrected chi connectivity index (χ2v) is 16.4. The van der Waals surface area contributed by atoms with Crippen molar-refractivity contribution < 1.29 is 58.3 Å². The van der Waals surface area contributed by atoms with E-state index in [4.69, 9.17) is 37.9 Å². The lowest BCUT2D eigenvalue weighted by Gasteiger charge is -2.37. The Kier molecular flexibility index (Phi) is 11.4. The topological polar surface area (TPSA) is 155 Å². The van der Waals surface area contributed by atoms with Crippen LogP contribution in [-0.2, 0) is 26.4 Å². The molecule has 9 rings (SSSR count). The molecule has 4 aromatic rings. The molecule has 4 N–H and O–H groups in total. The SMILES string of the molecule is CCCC1c2cc3c4c(CO)c2OCOc2c1cc1c(c2CO)OCOc2c(cc5c(c2CO)OCOc2c(cc(c(c2CO)OCO4)C3CCC)C5CCC)C1CCC. The second-order valence-electron chi connectivity index (χ2n) is 16.4. The maximum Gasteiger partial charge on any atom is 0.230 e. The highest BCUT2D eigenvalue weighted by molar-refractivity contribution is 5.69.